The molecule has 16 heteroatoms. The number of rotatable bonds is 8. The van der Waals surface area contributed by atoms with Gasteiger partial charge in [-0.2, -0.15) is 10.4 Å². The fourth-order valence-electron chi connectivity index (χ4n) is 2.81. The molecule has 0 aliphatic carbocycles. The van der Waals surface area contributed by atoms with E-state index in [-0.39, 0.29) is 22.1 Å². The average Bonchev–Trinajstić information content (AvgIpc) is 3.36. The molecule has 3 rings (SSSR count). The van der Waals surface area contributed by atoms with Crippen molar-refractivity contribution in [3.05, 3.63) is 79.1 Å². The molecule has 15 nitrogen and oxygen atoms in total. The van der Waals surface area contributed by atoms with Crippen LogP contribution in [0.15, 0.2) is 59.0 Å². The highest BCUT2D eigenvalue weighted by atomic mass is 32.1. The molecule has 0 unspecified atom stereocenters. The molecular formula is C21H14N8O7S. The van der Waals surface area contributed by atoms with Crippen molar-refractivity contribution in [3.8, 4) is 17.3 Å². The minimum absolute atomic E-state index is 0.0850. The zero-order valence-electron chi connectivity index (χ0n) is 18.4. The summed E-state index contributed by atoms with van der Waals surface area (Å²) in [6, 6.07) is 12.1. The second-order valence-electron chi connectivity index (χ2n) is 7.00. The number of aromatic nitrogens is 1. The minimum Gasteiger partial charge on any atom is -0.361 e. The van der Waals surface area contributed by atoms with E-state index in [1.165, 1.54) is 36.4 Å². The smallest absolute Gasteiger partial charge is 0.329 e. The summed E-state index contributed by atoms with van der Waals surface area (Å²) < 4.78 is 0. The predicted molar refractivity (Wildman–Crippen MR) is 129 cm³/mol. The first kappa shape index (κ1) is 26.1. The number of nitrogens with one attached hydrogen (secondary N) is 2. The number of hydrogen-bond donors (Lipinski definition) is 3. The number of nitrogens with two attached hydrogens (primary N) is 1. The van der Waals surface area contributed by atoms with Crippen molar-refractivity contribution in [3.63, 3.8) is 0 Å². The van der Waals surface area contributed by atoms with Crippen molar-refractivity contribution in [2.45, 2.75) is 5.92 Å². The molecule has 3 aromatic rings. The Kier molecular flexibility index (Phi) is 7.92. The molecule has 0 saturated carbocycles. The second-order valence-corrected chi connectivity index (χ2v) is 7.89. The number of carbonyl (C=O) groups is 3. The van der Waals surface area contributed by atoms with E-state index in [0.717, 1.165) is 23.5 Å². The Bertz CT molecular complexity index is 1460. The summed E-state index contributed by atoms with van der Waals surface area (Å²) in [5.74, 6) is -5.13. The van der Waals surface area contributed by atoms with Crippen LogP contribution in [0.25, 0.3) is 11.3 Å². The number of hydrazone groups is 1. The number of amides is 3. The lowest BCUT2D eigenvalue weighted by molar-refractivity contribution is -0.385. The van der Waals surface area contributed by atoms with Gasteiger partial charge in [0.15, 0.2) is 0 Å². The van der Waals surface area contributed by atoms with E-state index < -0.39 is 39.2 Å². The van der Waals surface area contributed by atoms with Gasteiger partial charge in [-0.3, -0.25) is 34.6 Å². The van der Waals surface area contributed by atoms with Crippen LogP contribution in [0, 0.1) is 31.6 Å². The Hall–Kier alpha value is -5.56. The maximum Gasteiger partial charge on any atom is 0.329 e. The van der Waals surface area contributed by atoms with Crippen LogP contribution in [0.3, 0.4) is 0 Å². The number of thiazole rings is 1. The van der Waals surface area contributed by atoms with E-state index in [1.54, 1.807) is 10.8 Å². The van der Waals surface area contributed by atoms with E-state index in [4.69, 9.17) is 5.73 Å². The maximum absolute atomic E-state index is 13.0. The van der Waals surface area contributed by atoms with Crippen molar-refractivity contribution in [2.75, 3.05) is 5.32 Å². The number of hydrogen-bond acceptors (Lipinski definition) is 11. The number of nitrogens with zero attached hydrogens (tertiary/aromatic N) is 5. The van der Waals surface area contributed by atoms with Gasteiger partial charge in [-0.1, -0.05) is 0 Å². The van der Waals surface area contributed by atoms with Crippen molar-refractivity contribution in [1.29, 1.82) is 5.26 Å². The van der Waals surface area contributed by atoms with Gasteiger partial charge in [0, 0.05) is 40.9 Å². The molecule has 1 aromatic heterocycles. The Labute approximate surface area is 210 Å². The molecule has 0 saturated heterocycles. The highest BCUT2D eigenvalue weighted by Crippen LogP contribution is 2.29. The highest BCUT2D eigenvalue weighted by molar-refractivity contribution is 7.10. The summed E-state index contributed by atoms with van der Waals surface area (Å²) in [6.45, 7) is 0. The third kappa shape index (κ3) is 6.32. The van der Waals surface area contributed by atoms with Crippen LogP contribution >= 0.6 is 11.3 Å². The van der Waals surface area contributed by atoms with E-state index in [2.05, 4.69) is 15.4 Å². The van der Waals surface area contributed by atoms with Crippen LogP contribution in [0.1, 0.15) is 10.9 Å². The summed E-state index contributed by atoms with van der Waals surface area (Å²) >= 11 is 0.978. The lowest BCUT2D eigenvalue weighted by atomic mass is 10.0. The number of benzene rings is 2. The van der Waals surface area contributed by atoms with Gasteiger partial charge in [-0.15, -0.1) is 11.3 Å². The Morgan fingerprint density at radius 2 is 1.57 bits per heavy atom. The number of nitro groups is 2. The van der Waals surface area contributed by atoms with Crippen LogP contribution in [-0.2, 0) is 14.4 Å². The third-order valence-corrected chi connectivity index (χ3v) is 5.53. The largest absolute Gasteiger partial charge is 0.361 e. The number of nitro benzene ring substituents is 2. The predicted octanol–water partition coefficient (Wildman–Crippen LogP) is 1.83. The van der Waals surface area contributed by atoms with Crippen molar-refractivity contribution in [2.24, 2.45) is 10.8 Å². The second kappa shape index (κ2) is 11.2. The van der Waals surface area contributed by atoms with Gasteiger partial charge in [0.1, 0.15) is 16.6 Å². The van der Waals surface area contributed by atoms with Gasteiger partial charge in [-0.05, 0) is 24.3 Å². The number of non-ortho nitro benzene ring substituents is 2. The molecule has 2 aromatic carbocycles. The van der Waals surface area contributed by atoms with E-state index in [1.807, 2.05) is 6.07 Å². The third-order valence-electron chi connectivity index (χ3n) is 4.62. The maximum atomic E-state index is 13.0. The van der Waals surface area contributed by atoms with E-state index >= 15 is 0 Å². The van der Waals surface area contributed by atoms with Gasteiger partial charge in [0.05, 0.1) is 21.6 Å². The standard InChI is InChI=1S/C21H14N8O7S/c22-9-15(21-25-16(10-37-21)11-1-5-13(6-2-11)28(33)34)17(26-27-20(32)18(23)30)19(31)24-12-3-7-14(8-4-12)29(35)36/h1-8,10,15H,(H2,23,30)(H,24,31)(H,27,32)/b26-17+/t15-/m1/s1. The number of anilines is 1. The van der Waals surface area contributed by atoms with Crippen LogP contribution in [0.4, 0.5) is 17.1 Å². The summed E-state index contributed by atoms with van der Waals surface area (Å²) in [5.41, 5.74) is 6.75. The monoisotopic (exact) mass is 522 g/mol. The molecule has 0 bridgehead atoms. The zero-order chi connectivity index (χ0) is 27.1. The molecule has 0 radical (unpaired) electrons. The first-order valence-electron chi connectivity index (χ1n) is 9.93. The van der Waals surface area contributed by atoms with Gasteiger partial charge in [0.2, 0.25) is 0 Å². The number of carbonyl (C=O) groups excluding carboxylic acids is 3. The van der Waals surface area contributed by atoms with E-state index in [0.29, 0.717) is 11.3 Å². The average molecular weight is 522 g/mol. The first-order chi connectivity index (χ1) is 17.6. The summed E-state index contributed by atoms with van der Waals surface area (Å²) in [7, 11) is 0. The summed E-state index contributed by atoms with van der Waals surface area (Å²) in [6.07, 6.45) is 0. The fraction of sp³-hybridized carbons (Fsp3) is 0.0476. The molecule has 0 spiro atoms. The Balaban J connectivity index is 1.93. The lowest BCUT2D eigenvalue weighted by Gasteiger charge is -2.11. The zero-order valence-corrected chi connectivity index (χ0v) is 19.2. The van der Waals surface area contributed by atoms with Gasteiger partial charge < -0.3 is 11.1 Å². The molecule has 0 aliphatic rings. The molecule has 4 N–H and O–H groups in total. The number of primary amides is 1. The molecule has 37 heavy (non-hydrogen) atoms. The highest BCUT2D eigenvalue weighted by Gasteiger charge is 2.29. The van der Waals surface area contributed by atoms with Crippen LogP contribution in [0.2, 0.25) is 0 Å². The molecule has 0 aliphatic heterocycles. The molecule has 3 amide bonds. The van der Waals surface area contributed by atoms with Gasteiger partial charge >= 0.3 is 11.8 Å². The summed E-state index contributed by atoms with van der Waals surface area (Å²) in [5, 5.41) is 39.2. The quantitative estimate of drug-likeness (QED) is 0.169. The van der Waals surface area contributed by atoms with Crippen LogP contribution in [-0.4, -0.2) is 38.3 Å². The van der Waals surface area contributed by atoms with Gasteiger partial charge in [-0.25, -0.2) is 10.4 Å². The van der Waals surface area contributed by atoms with Crippen molar-refractivity contribution < 1.29 is 24.2 Å². The molecule has 1 heterocycles. The summed E-state index contributed by atoms with van der Waals surface area (Å²) in [4.78, 5) is 60.5. The Morgan fingerprint density at radius 3 is 2.08 bits per heavy atom. The molecule has 1 atom stereocenters. The molecule has 186 valence electrons. The number of nitriles is 1. The normalized spacial score (nSPS) is 11.6. The molecule has 0 fully saturated rings. The van der Waals surface area contributed by atoms with E-state index in [9.17, 15) is 39.9 Å². The Morgan fingerprint density at radius 1 is 1.00 bits per heavy atom. The van der Waals surface area contributed by atoms with Crippen molar-refractivity contribution in [1.82, 2.24) is 10.4 Å². The fourth-order valence-corrected chi connectivity index (χ4v) is 3.69. The van der Waals surface area contributed by atoms with Crippen molar-refractivity contribution >= 4 is 51.8 Å². The van der Waals surface area contributed by atoms with Crippen LogP contribution in [0.5, 0.6) is 0 Å². The molecular weight excluding hydrogens is 508 g/mol. The lowest BCUT2D eigenvalue weighted by Crippen LogP contribution is -2.36. The topological polar surface area (TPSA) is 237 Å². The SMILES string of the molecule is N#C[C@H](/C(=N\NC(=O)C(N)=O)C(=O)Nc1ccc([N+](=O)[O-])cc1)c1nc(-c2ccc([N+](=O)[O-])cc2)cs1. The minimum atomic E-state index is -1.43. The van der Waals surface area contributed by atoms with Crippen LogP contribution < -0.4 is 16.5 Å². The first-order valence-corrected chi connectivity index (χ1v) is 10.8. The van der Waals surface area contributed by atoms with Gasteiger partial charge in [0.25, 0.3) is 17.3 Å².